The van der Waals surface area contributed by atoms with Gasteiger partial charge in [-0.1, -0.05) is 24.3 Å². The summed E-state index contributed by atoms with van der Waals surface area (Å²) in [6.45, 7) is 0. The quantitative estimate of drug-likeness (QED) is 0.805. The summed E-state index contributed by atoms with van der Waals surface area (Å²) in [6.07, 6.45) is 0. The van der Waals surface area contributed by atoms with Crippen molar-refractivity contribution >= 4 is 0 Å². The molecule has 0 fully saturated rings. The SMILES string of the molecule is COc1[c]ccc(-c2ccccc2O)c1. The average molecular weight is 199 g/mol. The highest BCUT2D eigenvalue weighted by Crippen LogP contribution is 2.30. The summed E-state index contributed by atoms with van der Waals surface area (Å²) < 4.78 is 5.08. The predicted molar refractivity (Wildman–Crippen MR) is 58.9 cm³/mol. The van der Waals surface area contributed by atoms with Gasteiger partial charge in [-0.25, -0.2) is 0 Å². The molecule has 0 aliphatic carbocycles. The standard InChI is InChI=1S/C13H11O2/c1-15-11-6-4-5-10(9-11)12-7-2-3-8-13(12)14/h2-5,7-9,14H,1H3. The van der Waals surface area contributed by atoms with E-state index in [1.165, 1.54) is 0 Å². The molecule has 0 aliphatic rings. The van der Waals surface area contributed by atoms with Gasteiger partial charge < -0.3 is 9.84 Å². The molecule has 2 nitrogen and oxygen atoms in total. The number of hydrogen-bond acceptors (Lipinski definition) is 2. The van der Waals surface area contributed by atoms with Gasteiger partial charge in [0.2, 0.25) is 0 Å². The number of phenols is 1. The van der Waals surface area contributed by atoms with Gasteiger partial charge in [-0.2, -0.15) is 0 Å². The van der Waals surface area contributed by atoms with Crippen molar-refractivity contribution in [2.75, 3.05) is 7.11 Å². The van der Waals surface area contributed by atoms with Crippen molar-refractivity contribution in [3.63, 3.8) is 0 Å². The zero-order valence-electron chi connectivity index (χ0n) is 8.40. The lowest BCUT2D eigenvalue weighted by atomic mass is 10.0. The molecule has 0 unspecified atom stereocenters. The van der Waals surface area contributed by atoms with E-state index in [1.807, 2.05) is 24.3 Å². The van der Waals surface area contributed by atoms with Crippen LogP contribution >= 0.6 is 0 Å². The van der Waals surface area contributed by atoms with Crippen molar-refractivity contribution in [1.82, 2.24) is 0 Å². The van der Waals surface area contributed by atoms with Crippen molar-refractivity contribution in [3.05, 3.63) is 48.5 Å². The van der Waals surface area contributed by atoms with E-state index in [9.17, 15) is 5.11 Å². The van der Waals surface area contributed by atoms with E-state index >= 15 is 0 Å². The molecule has 0 spiro atoms. The molecular weight excluding hydrogens is 188 g/mol. The molecule has 0 saturated heterocycles. The lowest BCUT2D eigenvalue weighted by molar-refractivity contribution is 0.414. The second-order valence-electron chi connectivity index (χ2n) is 3.16. The Balaban J connectivity index is 2.49. The third-order valence-electron chi connectivity index (χ3n) is 2.21. The Morgan fingerprint density at radius 2 is 2.00 bits per heavy atom. The van der Waals surface area contributed by atoms with Crippen molar-refractivity contribution in [1.29, 1.82) is 0 Å². The minimum atomic E-state index is 0.269. The largest absolute Gasteiger partial charge is 0.507 e. The maximum Gasteiger partial charge on any atom is 0.127 e. The first kappa shape index (κ1) is 9.59. The fourth-order valence-electron chi connectivity index (χ4n) is 1.45. The highest BCUT2D eigenvalue weighted by Gasteiger charge is 2.03. The minimum absolute atomic E-state index is 0.269. The maximum atomic E-state index is 9.68. The molecule has 0 amide bonds. The molecule has 0 aliphatic heterocycles. The number of hydrogen-bond donors (Lipinski definition) is 1. The normalized spacial score (nSPS) is 9.93. The van der Waals surface area contributed by atoms with Crippen LogP contribution in [0.25, 0.3) is 11.1 Å². The predicted octanol–water partition coefficient (Wildman–Crippen LogP) is 2.87. The van der Waals surface area contributed by atoms with Crippen LogP contribution in [0.4, 0.5) is 0 Å². The van der Waals surface area contributed by atoms with Gasteiger partial charge in [0.1, 0.15) is 11.5 Å². The smallest absolute Gasteiger partial charge is 0.127 e. The molecule has 2 rings (SSSR count). The monoisotopic (exact) mass is 199 g/mol. The van der Waals surface area contributed by atoms with E-state index < -0.39 is 0 Å². The Hall–Kier alpha value is -1.96. The van der Waals surface area contributed by atoms with Crippen LogP contribution in [0.1, 0.15) is 0 Å². The number of phenolic OH excluding ortho intramolecular Hbond substituents is 1. The van der Waals surface area contributed by atoms with E-state index in [1.54, 1.807) is 25.3 Å². The topological polar surface area (TPSA) is 29.5 Å². The van der Waals surface area contributed by atoms with Crippen LogP contribution in [-0.2, 0) is 0 Å². The summed E-state index contributed by atoms with van der Waals surface area (Å²) in [5, 5.41) is 9.68. The van der Waals surface area contributed by atoms with Gasteiger partial charge in [0.25, 0.3) is 0 Å². The second kappa shape index (κ2) is 4.05. The summed E-state index contributed by atoms with van der Waals surface area (Å²) >= 11 is 0. The number of ether oxygens (including phenoxy) is 1. The fourth-order valence-corrected chi connectivity index (χ4v) is 1.45. The molecule has 2 heteroatoms. The summed E-state index contributed by atoms with van der Waals surface area (Å²) in [6, 6.07) is 15.7. The first-order valence-electron chi connectivity index (χ1n) is 4.65. The van der Waals surface area contributed by atoms with Gasteiger partial charge in [-0.3, -0.25) is 0 Å². The maximum absolute atomic E-state index is 9.68. The first-order chi connectivity index (χ1) is 7.31. The Kier molecular flexibility index (Phi) is 2.59. The van der Waals surface area contributed by atoms with Crippen LogP contribution in [0.2, 0.25) is 0 Å². The molecule has 0 atom stereocenters. The zero-order chi connectivity index (χ0) is 10.7. The zero-order valence-corrected chi connectivity index (χ0v) is 8.40. The third-order valence-corrected chi connectivity index (χ3v) is 2.21. The van der Waals surface area contributed by atoms with Crippen molar-refractivity contribution in [2.24, 2.45) is 0 Å². The molecule has 0 bridgehead atoms. The van der Waals surface area contributed by atoms with Crippen LogP contribution in [-0.4, -0.2) is 12.2 Å². The molecule has 2 aromatic carbocycles. The van der Waals surface area contributed by atoms with Gasteiger partial charge in [0.15, 0.2) is 0 Å². The lowest BCUT2D eigenvalue weighted by Crippen LogP contribution is -1.84. The third kappa shape index (κ3) is 1.94. The van der Waals surface area contributed by atoms with Crippen molar-refractivity contribution in [2.45, 2.75) is 0 Å². The van der Waals surface area contributed by atoms with Gasteiger partial charge in [0.05, 0.1) is 7.11 Å². The Labute approximate surface area is 88.8 Å². The van der Waals surface area contributed by atoms with Crippen LogP contribution in [0.3, 0.4) is 0 Å². The second-order valence-corrected chi connectivity index (χ2v) is 3.16. The van der Waals surface area contributed by atoms with E-state index in [-0.39, 0.29) is 5.75 Å². The van der Waals surface area contributed by atoms with Gasteiger partial charge >= 0.3 is 0 Å². The molecule has 0 saturated carbocycles. The highest BCUT2D eigenvalue weighted by molar-refractivity contribution is 5.70. The minimum Gasteiger partial charge on any atom is -0.507 e. The molecule has 75 valence electrons. The molecular formula is C13H11O2. The molecule has 1 radical (unpaired) electrons. The van der Waals surface area contributed by atoms with Crippen molar-refractivity contribution in [3.8, 4) is 22.6 Å². The van der Waals surface area contributed by atoms with E-state index in [0.717, 1.165) is 11.1 Å². The molecule has 2 aromatic rings. The van der Waals surface area contributed by atoms with Crippen molar-refractivity contribution < 1.29 is 9.84 Å². The Morgan fingerprint density at radius 3 is 2.73 bits per heavy atom. The number of para-hydroxylation sites is 1. The molecule has 15 heavy (non-hydrogen) atoms. The average Bonchev–Trinajstić information content (AvgIpc) is 2.30. The number of aromatic hydroxyl groups is 1. The van der Waals surface area contributed by atoms with Crippen LogP contribution in [0.5, 0.6) is 11.5 Å². The van der Waals surface area contributed by atoms with Gasteiger partial charge in [0, 0.05) is 11.6 Å². The van der Waals surface area contributed by atoms with E-state index in [4.69, 9.17) is 4.74 Å². The number of rotatable bonds is 2. The summed E-state index contributed by atoms with van der Waals surface area (Å²) in [7, 11) is 1.60. The number of methoxy groups -OCH3 is 1. The van der Waals surface area contributed by atoms with Crippen LogP contribution < -0.4 is 4.74 Å². The Morgan fingerprint density at radius 1 is 1.20 bits per heavy atom. The van der Waals surface area contributed by atoms with E-state index in [0.29, 0.717) is 5.75 Å². The fraction of sp³-hybridized carbons (Fsp3) is 0.0769. The molecule has 0 aromatic heterocycles. The Bertz CT molecular complexity index is 464. The highest BCUT2D eigenvalue weighted by atomic mass is 16.5. The van der Waals surface area contributed by atoms with E-state index in [2.05, 4.69) is 6.07 Å². The lowest BCUT2D eigenvalue weighted by Gasteiger charge is -2.05. The summed E-state index contributed by atoms with van der Waals surface area (Å²) in [5.41, 5.74) is 1.72. The molecule has 1 N–H and O–H groups in total. The molecule has 0 heterocycles. The van der Waals surface area contributed by atoms with Crippen LogP contribution in [0, 0.1) is 6.07 Å². The number of benzene rings is 2. The van der Waals surface area contributed by atoms with Gasteiger partial charge in [-0.15, -0.1) is 0 Å². The van der Waals surface area contributed by atoms with Crippen LogP contribution in [0.15, 0.2) is 42.5 Å². The summed E-state index contributed by atoms with van der Waals surface area (Å²) in [4.78, 5) is 0. The van der Waals surface area contributed by atoms with Gasteiger partial charge in [-0.05, 0) is 23.8 Å². The summed E-state index contributed by atoms with van der Waals surface area (Å²) in [5.74, 6) is 0.932. The first-order valence-corrected chi connectivity index (χ1v) is 4.65.